The topological polar surface area (TPSA) is 518 Å². The largest absolute Gasteiger partial charge is 0.480 e. The molecule has 1 aliphatic heterocycles. The molecule has 108 heavy (non-hydrogen) atoms. The number of rotatable bonds is 19. The Kier molecular flexibility index (Phi) is 32.8. The van der Waals surface area contributed by atoms with Gasteiger partial charge in [-0.3, -0.25) is 57.5 Å². The molecule has 21 N–H and O–H groups in total. The molecule has 0 spiro atoms. The summed E-state index contributed by atoms with van der Waals surface area (Å²) in [6, 6.07) is 18.7. The number of unbranched alkanes of at least 4 members (excludes halogenated alkanes) is 1. The summed E-state index contributed by atoms with van der Waals surface area (Å²) in [4.78, 5) is 186. The zero-order chi connectivity index (χ0) is 78.6. The van der Waals surface area contributed by atoms with Crippen LogP contribution < -0.4 is 75.7 Å². The predicted molar refractivity (Wildman–Crippen MR) is 397 cm³/mol. The van der Waals surface area contributed by atoms with Crippen LogP contribution in [-0.2, 0) is 88.0 Å². The smallest absolute Gasteiger partial charge is 0.327 e. The number of carboxylic acid groups (broad SMARTS) is 1. The minimum atomic E-state index is -1.98. The van der Waals surface area contributed by atoms with Gasteiger partial charge in [-0.1, -0.05) is 143 Å². The molecule has 5 aromatic carbocycles. The molecule has 0 saturated carbocycles. The lowest BCUT2D eigenvalue weighted by atomic mass is 10.0. The Morgan fingerprint density at radius 1 is 0.472 bits per heavy atom. The molecular weight excluding hydrogens is 1440 g/mol. The lowest BCUT2D eigenvalue weighted by Crippen LogP contribution is -2.63. The van der Waals surface area contributed by atoms with Gasteiger partial charge in [0.1, 0.15) is 66.2 Å². The Balaban J connectivity index is 1.31. The fourth-order valence-electron chi connectivity index (χ4n) is 11.4. The van der Waals surface area contributed by atoms with E-state index < -0.39 is 193 Å². The van der Waals surface area contributed by atoms with Gasteiger partial charge in [-0.15, -0.1) is 0 Å². The van der Waals surface area contributed by atoms with Crippen molar-refractivity contribution in [3.63, 3.8) is 0 Å². The van der Waals surface area contributed by atoms with Gasteiger partial charge in [0.2, 0.25) is 65.0 Å². The molecule has 12 amide bonds. The highest BCUT2D eigenvalue weighted by Gasteiger charge is 2.40. The van der Waals surface area contributed by atoms with Crippen molar-refractivity contribution in [1.82, 2.24) is 63.1 Å². The van der Waals surface area contributed by atoms with Crippen LogP contribution in [0.1, 0.15) is 68.0 Å². The van der Waals surface area contributed by atoms with E-state index in [0.29, 0.717) is 34.0 Å². The van der Waals surface area contributed by atoms with Crippen molar-refractivity contribution in [2.24, 2.45) is 17.2 Å². The molecule has 6 aromatic rings. The second-order valence-corrected chi connectivity index (χ2v) is 28.2. The lowest BCUT2D eigenvalue weighted by molar-refractivity contribution is -0.142. The summed E-state index contributed by atoms with van der Waals surface area (Å²) >= 11 is 0. The monoisotopic (exact) mass is 1530 g/mol. The third-order valence-corrected chi connectivity index (χ3v) is 19.7. The molecule has 1 fully saturated rings. The molecule has 14 atom stereocenters. The number of aliphatic hydroxyl groups excluding tert-OH is 3. The van der Waals surface area contributed by atoms with Crippen molar-refractivity contribution in [3.8, 4) is 0 Å². The van der Waals surface area contributed by atoms with E-state index in [4.69, 9.17) is 17.2 Å². The molecular formula is C73H90FN15O17S2. The highest BCUT2D eigenvalue weighted by atomic mass is 33.1. The number of halogens is 1. The maximum Gasteiger partial charge on any atom is 0.327 e. The summed E-state index contributed by atoms with van der Waals surface area (Å²) in [7, 11) is 1.71. The van der Waals surface area contributed by atoms with Crippen molar-refractivity contribution in [3.05, 3.63) is 180 Å². The van der Waals surface area contributed by atoms with E-state index in [1.54, 1.807) is 121 Å². The zero-order valence-electron chi connectivity index (χ0n) is 59.0. The van der Waals surface area contributed by atoms with Gasteiger partial charge in [-0.25, -0.2) is 9.18 Å². The van der Waals surface area contributed by atoms with E-state index in [0.717, 1.165) is 47.6 Å². The number of primary amides is 1. The normalized spacial score (nSPS) is 24.3. The Morgan fingerprint density at radius 3 is 1.35 bits per heavy atom. The molecule has 2 unspecified atom stereocenters. The highest BCUT2D eigenvalue weighted by molar-refractivity contribution is 8.76. The number of hydrogen-bond acceptors (Lipinski definition) is 20. The number of carboxylic acids is 1. The fourth-order valence-corrected chi connectivity index (χ4v) is 13.7. The molecule has 32 nitrogen and oxygen atoms in total. The minimum absolute atomic E-state index is 0.0873. The molecule has 0 radical (unpaired) electrons. The fraction of sp³-hybridized carbons (Fsp3) is 0.384. The summed E-state index contributed by atoms with van der Waals surface area (Å²) in [6.07, 6.45) is -5.65. The summed E-state index contributed by atoms with van der Waals surface area (Å²) in [5.41, 5.74) is 19.7. The van der Waals surface area contributed by atoms with Gasteiger partial charge in [0, 0.05) is 43.4 Å². The highest BCUT2D eigenvalue weighted by Crippen LogP contribution is 2.24. The van der Waals surface area contributed by atoms with Crippen LogP contribution in [0.5, 0.6) is 0 Å². The van der Waals surface area contributed by atoms with Crippen LogP contribution in [0.15, 0.2) is 152 Å². The van der Waals surface area contributed by atoms with Crippen LogP contribution in [-0.4, -0.2) is 205 Å². The van der Waals surface area contributed by atoms with Gasteiger partial charge < -0.3 is 101 Å². The number of hydrogen-bond donors (Lipinski definition) is 18. The Hall–Kier alpha value is -10.8. The Labute approximate surface area is 628 Å². The van der Waals surface area contributed by atoms with Crippen LogP contribution in [0, 0.1) is 5.82 Å². The molecule has 1 saturated heterocycles. The first kappa shape index (κ1) is 84.4. The lowest BCUT2D eigenvalue weighted by Gasteiger charge is -2.30. The number of amides is 12. The first-order valence-corrected chi connectivity index (χ1v) is 37.1. The number of aromatic nitrogens is 1. The maximum absolute atomic E-state index is 15.5. The van der Waals surface area contributed by atoms with Crippen LogP contribution >= 0.6 is 21.6 Å². The number of nitrogens with one attached hydrogen (secondary N) is 11. The number of aliphatic hydroxyl groups is 3. The standard InChI is InChI=1S/C73H90FN15O17S2/c1-40(91)59-70(102)82-51(33-43-18-8-4-9-19-43)66(98)87-60(41(2)92)71(103)84-55(37-90)69(101)85-56(73(105)106)39-108-107-38-48(76)62(94)78-49(23-14-15-30-75)63(95)81-54(36-58(77)93)65(97)79-50(32-42-16-6-3-7-17-42)64(96)80-53(34-44-20-10-5-11-21-44)68(100)88-61(89-31-29-46-22-12-13-24-57(46)89)72(104)83-52(67(99)86-59)35-45-25-27-47(74)28-26-45/h3-13,16-22,24-29,31,40-41,48-56,59-61,90-92H,14-15,23,30,32-39,75-76H2,1-2H3,(H2,77,93)(H,78,94)(H,79,97)(H,80,96)(H,81,95)(H,82,102)(H,83,104)(H,84,103)(H,85,101)(H,86,99)(H,87,98)(H,88,100)(H,105,106)/t40?,41?,48-,49-,50-,51-,52-,53-,54-,55-,56-,59-,60-,61-/m0/s1. The Morgan fingerprint density at radius 2 is 0.870 bits per heavy atom. The van der Waals surface area contributed by atoms with Gasteiger partial charge >= 0.3 is 5.97 Å². The van der Waals surface area contributed by atoms with Crippen molar-refractivity contribution in [2.75, 3.05) is 24.7 Å². The molecule has 35 heteroatoms. The predicted octanol–water partition coefficient (Wildman–Crippen LogP) is -2.22. The molecule has 7 rings (SSSR count). The van der Waals surface area contributed by atoms with Crippen LogP contribution in [0.4, 0.5) is 4.39 Å². The quantitative estimate of drug-likeness (QED) is 0.0302. The van der Waals surface area contributed by atoms with E-state index in [-0.39, 0.29) is 50.0 Å². The number of nitrogens with two attached hydrogens (primary N) is 3. The maximum atomic E-state index is 15.5. The van der Waals surface area contributed by atoms with E-state index >= 15 is 19.2 Å². The van der Waals surface area contributed by atoms with Crippen molar-refractivity contribution in [1.29, 1.82) is 0 Å². The minimum Gasteiger partial charge on any atom is -0.480 e. The number of fused-ring (bicyclic) bond motifs is 1. The molecule has 2 heterocycles. The summed E-state index contributed by atoms with van der Waals surface area (Å²) in [6.45, 7) is 1.22. The van der Waals surface area contributed by atoms with Gasteiger partial charge in [0.15, 0.2) is 6.17 Å². The summed E-state index contributed by atoms with van der Waals surface area (Å²) in [5, 5.41) is 70.8. The van der Waals surface area contributed by atoms with Crippen molar-refractivity contribution >= 4 is 109 Å². The van der Waals surface area contributed by atoms with Gasteiger partial charge in [-0.05, 0) is 91.6 Å². The average molecular weight is 1530 g/mol. The third kappa shape index (κ3) is 25.7. The molecule has 0 aliphatic carbocycles. The van der Waals surface area contributed by atoms with Crippen LogP contribution in [0.3, 0.4) is 0 Å². The zero-order valence-corrected chi connectivity index (χ0v) is 60.6. The number of carbonyl (C=O) groups excluding carboxylic acids is 12. The van der Waals surface area contributed by atoms with Crippen LogP contribution in [0.2, 0.25) is 0 Å². The third-order valence-electron chi connectivity index (χ3n) is 17.2. The number of benzene rings is 5. The average Bonchev–Trinajstić information content (AvgIpc) is 1.63. The first-order valence-electron chi connectivity index (χ1n) is 34.6. The van der Waals surface area contributed by atoms with E-state index in [1.807, 2.05) is 0 Å². The molecule has 1 aliphatic rings. The molecule has 0 bridgehead atoms. The Bertz CT molecular complexity index is 4090. The number of para-hydroxylation sites is 1. The molecule has 578 valence electrons. The van der Waals surface area contributed by atoms with E-state index in [2.05, 4.69) is 58.5 Å². The number of nitrogens with zero attached hydrogens (tertiary/aromatic N) is 1. The summed E-state index contributed by atoms with van der Waals surface area (Å²) < 4.78 is 15.9. The number of aliphatic carboxylic acids is 1. The molecule has 1 aromatic heterocycles. The van der Waals surface area contributed by atoms with Gasteiger partial charge in [-0.2, -0.15) is 0 Å². The van der Waals surface area contributed by atoms with Gasteiger partial charge in [0.05, 0.1) is 36.8 Å². The van der Waals surface area contributed by atoms with E-state index in [1.165, 1.54) is 22.9 Å². The number of carbonyl (C=O) groups is 13. The van der Waals surface area contributed by atoms with Crippen LogP contribution in [0.25, 0.3) is 10.9 Å². The van der Waals surface area contributed by atoms with E-state index in [9.17, 15) is 68.0 Å². The summed E-state index contributed by atoms with van der Waals surface area (Å²) in [5.74, 6) is -16.2. The first-order chi connectivity index (χ1) is 51.6. The SMILES string of the molecule is CC(O)[C@@H]1NC(=O)[C@H](Cc2ccccc2)NC(=O)[C@H](C(C)O)NC(=O)[C@H](Cc2ccc(F)cc2)NC(=O)[C@H](n2ccc3ccccc32)NC(=O)[C@H](Cc2ccccc2)NC(=O)[C@H](Cc2ccccc2)NC(=O)[C@H](CC(N)=O)NC(=O)[C@H](CCCCN)NC(=O)[C@@H](N)CSSC[C@@H](C(=O)O)NC(=O)[C@H](CO)NC1=O. The van der Waals surface area contributed by atoms with Gasteiger partial charge in [0.25, 0.3) is 5.91 Å². The van der Waals surface area contributed by atoms with Crippen molar-refractivity contribution < 1.29 is 87.1 Å². The van der Waals surface area contributed by atoms with Crippen molar-refractivity contribution in [2.45, 2.75) is 150 Å². The second-order valence-electron chi connectivity index (χ2n) is 25.7. The second kappa shape index (κ2) is 41.9.